The third-order valence-electron chi connectivity index (χ3n) is 4.28. The fraction of sp³-hybridized carbons (Fsp3) is 0.867. The van der Waals surface area contributed by atoms with E-state index in [4.69, 9.17) is 0 Å². The molecule has 0 radical (unpaired) electrons. The summed E-state index contributed by atoms with van der Waals surface area (Å²) in [6, 6.07) is 0. The lowest BCUT2D eigenvalue weighted by atomic mass is 9.77. The van der Waals surface area contributed by atoms with Crippen molar-refractivity contribution in [2.45, 2.75) is 70.8 Å². The number of carbonyl (C=O) groups excluding carboxylic acids is 1. The summed E-state index contributed by atoms with van der Waals surface area (Å²) in [4.78, 5) is 23.5. The molecule has 5 nitrogen and oxygen atoms in total. The standard InChI is InChI=1S/C15H27NO4/c1-2-12(17)7-10-16-13(18)11-15(14(19)20)8-5-3-4-6-9-15/h12,17H,2-11H2,1H3,(H,16,18)(H,19,20). The minimum absolute atomic E-state index is 0.0601. The van der Waals surface area contributed by atoms with Crippen LogP contribution in [0.1, 0.15) is 64.7 Å². The van der Waals surface area contributed by atoms with E-state index in [1.165, 1.54) is 0 Å². The number of carbonyl (C=O) groups is 2. The van der Waals surface area contributed by atoms with E-state index in [1.807, 2.05) is 6.92 Å². The average Bonchev–Trinajstić information content (AvgIpc) is 2.65. The Kier molecular flexibility index (Phi) is 6.99. The van der Waals surface area contributed by atoms with Gasteiger partial charge in [-0.3, -0.25) is 9.59 Å². The monoisotopic (exact) mass is 285 g/mol. The van der Waals surface area contributed by atoms with Crippen molar-refractivity contribution in [2.24, 2.45) is 5.41 Å². The number of aliphatic hydroxyl groups is 1. The van der Waals surface area contributed by atoms with Crippen LogP contribution in [0.15, 0.2) is 0 Å². The summed E-state index contributed by atoms with van der Waals surface area (Å²) in [6.07, 6.45) is 5.89. The van der Waals surface area contributed by atoms with E-state index in [9.17, 15) is 19.8 Å². The zero-order chi connectivity index (χ0) is 15.0. The zero-order valence-corrected chi connectivity index (χ0v) is 12.4. The van der Waals surface area contributed by atoms with Crippen molar-refractivity contribution in [1.29, 1.82) is 0 Å². The predicted octanol–water partition coefficient (Wildman–Crippen LogP) is 2.08. The van der Waals surface area contributed by atoms with Gasteiger partial charge < -0.3 is 15.5 Å². The topological polar surface area (TPSA) is 86.6 Å². The SMILES string of the molecule is CCC(O)CCNC(=O)CC1(C(=O)O)CCCCCC1. The van der Waals surface area contributed by atoms with E-state index in [0.717, 1.165) is 25.7 Å². The highest BCUT2D eigenvalue weighted by Crippen LogP contribution is 2.38. The van der Waals surface area contributed by atoms with Gasteiger partial charge in [-0.25, -0.2) is 0 Å². The third kappa shape index (κ3) is 5.12. The molecule has 20 heavy (non-hydrogen) atoms. The summed E-state index contributed by atoms with van der Waals surface area (Å²) in [5.41, 5.74) is -0.885. The molecular weight excluding hydrogens is 258 g/mol. The molecular formula is C15H27NO4. The highest BCUT2D eigenvalue weighted by molar-refractivity contribution is 5.85. The van der Waals surface area contributed by atoms with Gasteiger partial charge in [-0.05, 0) is 25.7 Å². The van der Waals surface area contributed by atoms with Crippen LogP contribution < -0.4 is 5.32 Å². The van der Waals surface area contributed by atoms with Crippen LogP contribution in [-0.4, -0.2) is 34.7 Å². The molecule has 0 saturated heterocycles. The highest BCUT2D eigenvalue weighted by atomic mass is 16.4. The minimum atomic E-state index is -0.885. The molecule has 0 spiro atoms. The molecule has 0 aromatic rings. The number of rotatable bonds is 7. The van der Waals surface area contributed by atoms with Gasteiger partial charge >= 0.3 is 5.97 Å². The second kappa shape index (κ2) is 8.25. The average molecular weight is 285 g/mol. The first kappa shape index (κ1) is 17.0. The van der Waals surface area contributed by atoms with Crippen LogP contribution >= 0.6 is 0 Å². The van der Waals surface area contributed by atoms with E-state index >= 15 is 0 Å². The zero-order valence-electron chi connectivity index (χ0n) is 12.4. The number of aliphatic carboxylic acids is 1. The van der Waals surface area contributed by atoms with Crippen molar-refractivity contribution in [1.82, 2.24) is 5.32 Å². The quantitative estimate of drug-likeness (QED) is 0.625. The summed E-state index contributed by atoms with van der Waals surface area (Å²) >= 11 is 0. The number of carboxylic acid groups (broad SMARTS) is 1. The predicted molar refractivity (Wildman–Crippen MR) is 76.3 cm³/mol. The fourth-order valence-corrected chi connectivity index (χ4v) is 2.82. The summed E-state index contributed by atoms with van der Waals surface area (Å²) in [7, 11) is 0. The van der Waals surface area contributed by atoms with Gasteiger partial charge in [-0.1, -0.05) is 32.6 Å². The molecule has 116 valence electrons. The first-order valence-corrected chi connectivity index (χ1v) is 7.68. The maximum absolute atomic E-state index is 11.9. The summed E-state index contributed by atoms with van der Waals surface area (Å²) in [6.45, 7) is 2.29. The molecule has 0 aromatic carbocycles. The van der Waals surface area contributed by atoms with Gasteiger partial charge in [0.25, 0.3) is 0 Å². The van der Waals surface area contributed by atoms with Crippen LogP contribution in [0.3, 0.4) is 0 Å². The van der Waals surface area contributed by atoms with Gasteiger partial charge in [0.15, 0.2) is 0 Å². The van der Waals surface area contributed by atoms with Crippen molar-refractivity contribution < 1.29 is 19.8 Å². The molecule has 1 amide bonds. The summed E-state index contributed by atoms with van der Waals surface area (Å²) < 4.78 is 0. The molecule has 0 aliphatic heterocycles. The van der Waals surface area contributed by atoms with Crippen LogP contribution in [0.5, 0.6) is 0 Å². The Bertz CT molecular complexity index is 322. The first-order valence-electron chi connectivity index (χ1n) is 7.68. The summed E-state index contributed by atoms with van der Waals surface area (Å²) in [5.74, 6) is -1.05. The van der Waals surface area contributed by atoms with Gasteiger partial charge in [-0.2, -0.15) is 0 Å². The number of amides is 1. The molecule has 5 heteroatoms. The lowest BCUT2D eigenvalue weighted by molar-refractivity contribution is -0.152. The van der Waals surface area contributed by atoms with E-state index < -0.39 is 17.5 Å². The van der Waals surface area contributed by atoms with Gasteiger partial charge in [-0.15, -0.1) is 0 Å². The van der Waals surface area contributed by atoms with Gasteiger partial charge in [0.2, 0.25) is 5.91 Å². The second-order valence-corrected chi connectivity index (χ2v) is 5.88. The molecule has 1 fully saturated rings. The summed E-state index contributed by atoms with van der Waals surface area (Å²) in [5, 5.41) is 21.7. The Balaban J connectivity index is 2.48. The molecule has 1 aliphatic rings. The van der Waals surface area contributed by atoms with Crippen molar-refractivity contribution in [3.8, 4) is 0 Å². The van der Waals surface area contributed by atoms with Crippen molar-refractivity contribution >= 4 is 11.9 Å². The Morgan fingerprint density at radius 1 is 1.20 bits per heavy atom. The Morgan fingerprint density at radius 3 is 2.30 bits per heavy atom. The van der Waals surface area contributed by atoms with Crippen molar-refractivity contribution in [3.05, 3.63) is 0 Å². The Morgan fingerprint density at radius 2 is 1.80 bits per heavy atom. The molecule has 1 rings (SSSR count). The number of hydrogen-bond acceptors (Lipinski definition) is 3. The lowest BCUT2D eigenvalue weighted by Crippen LogP contribution is -2.38. The van der Waals surface area contributed by atoms with Crippen LogP contribution in [-0.2, 0) is 9.59 Å². The molecule has 0 aromatic heterocycles. The maximum atomic E-state index is 11.9. The van der Waals surface area contributed by atoms with Crippen LogP contribution in [0, 0.1) is 5.41 Å². The Labute approximate surface area is 120 Å². The first-order chi connectivity index (χ1) is 9.50. The molecule has 1 atom stereocenters. The van der Waals surface area contributed by atoms with Gasteiger partial charge in [0, 0.05) is 13.0 Å². The molecule has 1 saturated carbocycles. The van der Waals surface area contributed by atoms with Crippen molar-refractivity contribution in [2.75, 3.05) is 6.54 Å². The van der Waals surface area contributed by atoms with E-state index in [2.05, 4.69) is 5.32 Å². The van der Waals surface area contributed by atoms with E-state index in [0.29, 0.717) is 32.2 Å². The largest absolute Gasteiger partial charge is 0.481 e. The fourth-order valence-electron chi connectivity index (χ4n) is 2.82. The normalized spacial score (nSPS) is 19.9. The Hall–Kier alpha value is -1.10. The molecule has 0 bridgehead atoms. The van der Waals surface area contributed by atoms with Crippen LogP contribution in [0.2, 0.25) is 0 Å². The van der Waals surface area contributed by atoms with Crippen LogP contribution in [0.4, 0.5) is 0 Å². The highest BCUT2D eigenvalue weighted by Gasteiger charge is 2.40. The number of carboxylic acids is 1. The molecule has 3 N–H and O–H groups in total. The second-order valence-electron chi connectivity index (χ2n) is 5.88. The molecule has 1 aliphatic carbocycles. The van der Waals surface area contributed by atoms with Gasteiger partial charge in [0.1, 0.15) is 0 Å². The van der Waals surface area contributed by atoms with Crippen LogP contribution in [0.25, 0.3) is 0 Å². The number of aliphatic hydroxyl groups excluding tert-OH is 1. The van der Waals surface area contributed by atoms with Crippen molar-refractivity contribution in [3.63, 3.8) is 0 Å². The van der Waals surface area contributed by atoms with Gasteiger partial charge in [0.05, 0.1) is 11.5 Å². The number of hydrogen-bond donors (Lipinski definition) is 3. The molecule has 0 heterocycles. The molecule has 1 unspecified atom stereocenters. The number of nitrogens with one attached hydrogen (secondary N) is 1. The smallest absolute Gasteiger partial charge is 0.310 e. The maximum Gasteiger partial charge on any atom is 0.310 e. The minimum Gasteiger partial charge on any atom is -0.481 e. The third-order valence-corrected chi connectivity index (χ3v) is 4.28. The van der Waals surface area contributed by atoms with E-state index in [1.54, 1.807) is 0 Å². The lowest BCUT2D eigenvalue weighted by Gasteiger charge is -2.27. The van der Waals surface area contributed by atoms with E-state index in [-0.39, 0.29) is 12.3 Å².